The molecule has 0 aliphatic heterocycles. The summed E-state index contributed by atoms with van der Waals surface area (Å²) in [5.74, 6) is 1.09. The SMILES string of the molecule is CCCCc1nc2cc(N)cnc2n1C. The van der Waals surface area contributed by atoms with E-state index in [9.17, 15) is 0 Å². The number of aromatic nitrogens is 3. The number of nitrogens with zero attached hydrogens (tertiary/aromatic N) is 3. The van der Waals surface area contributed by atoms with Gasteiger partial charge in [0.1, 0.15) is 11.3 Å². The molecular formula is C11H16N4. The van der Waals surface area contributed by atoms with E-state index in [1.807, 2.05) is 17.7 Å². The molecule has 4 nitrogen and oxygen atoms in total. The van der Waals surface area contributed by atoms with Crippen LogP contribution in [0, 0.1) is 0 Å². The Labute approximate surface area is 89.1 Å². The zero-order valence-corrected chi connectivity index (χ0v) is 9.20. The van der Waals surface area contributed by atoms with Crippen LogP contribution in [-0.2, 0) is 13.5 Å². The third kappa shape index (κ3) is 1.79. The highest BCUT2D eigenvalue weighted by Gasteiger charge is 2.07. The minimum absolute atomic E-state index is 0.669. The van der Waals surface area contributed by atoms with E-state index in [0.717, 1.165) is 29.8 Å². The van der Waals surface area contributed by atoms with E-state index in [1.54, 1.807) is 6.20 Å². The number of imidazole rings is 1. The lowest BCUT2D eigenvalue weighted by atomic mass is 10.2. The molecular weight excluding hydrogens is 188 g/mol. The lowest BCUT2D eigenvalue weighted by Crippen LogP contribution is -1.98. The number of pyridine rings is 1. The molecule has 4 heteroatoms. The van der Waals surface area contributed by atoms with Crippen LogP contribution >= 0.6 is 0 Å². The molecule has 0 amide bonds. The number of hydrogen-bond acceptors (Lipinski definition) is 3. The number of nitrogens with two attached hydrogens (primary N) is 1. The molecule has 0 radical (unpaired) electrons. The highest BCUT2D eigenvalue weighted by Crippen LogP contribution is 2.16. The summed E-state index contributed by atoms with van der Waals surface area (Å²) in [6, 6.07) is 1.87. The van der Waals surface area contributed by atoms with Gasteiger partial charge in [-0.1, -0.05) is 13.3 Å². The third-order valence-corrected chi connectivity index (χ3v) is 2.58. The molecule has 0 saturated carbocycles. The zero-order valence-electron chi connectivity index (χ0n) is 9.20. The summed E-state index contributed by atoms with van der Waals surface area (Å²) in [6.45, 7) is 2.18. The Kier molecular flexibility index (Phi) is 2.58. The van der Waals surface area contributed by atoms with E-state index in [1.165, 1.54) is 6.42 Å². The van der Waals surface area contributed by atoms with Crippen LogP contribution < -0.4 is 5.73 Å². The predicted octanol–water partition coefficient (Wildman–Crippen LogP) is 1.89. The van der Waals surface area contributed by atoms with Crippen LogP contribution in [0.5, 0.6) is 0 Å². The Bertz CT molecular complexity index is 473. The molecule has 80 valence electrons. The Balaban J connectivity index is 2.44. The van der Waals surface area contributed by atoms with Gasteiger partial charge in [0.25, 0.3) is 0 Å². The number of anilines is 1. The molecule has 0 aliphatic rings. The van der Waals surface area contributed by atoms with Gasteiger partial charge in [-0.25, -0.2) is 9.97 Å². The standard InChI is InChI=1S/C11H16N4/c1-3-4-5-10-14-9-6-8(12)7-13-11(9)15(10)2/h6-7H,3-5,12H2,1-2H3. The largest absolute Gasteiger partial charge is 0.397 e. The average Bonchev–Trinajstić information content (AvgIpc) is 2.52. The van der Waals surface area contributed by atoms with Gasteiger partial charge in [0.05, 0.1) is 11.9 Å². The average molecular weight is 204 g/mol. The smallest absolute Gasteiger partial charge is 0.159 e. The maximum absolute atomic E-state index is 5.67. The van der Waals surface area contributed by atoms with Gasteiger partial charge in [-0.2, -0.15) is 0 Å². The quantitative estimate of drug-likeness (QED) is 0.830. The van der Waals surface area contributed by atoms with Gasteiger partial charge in [-0.3, -0.25) is 0 Å². The Morgan fingerprint density at radius 3 is 3.00 bits per heavy atom. The zero-order chi connectivity index (χ0) is 10.8. The number of rotatable bonds is 3. The van der Waals surface area contributed by atoms with Crippen molar-refractivity contribution in [3.8, 4) is 0 Å². The number of nitrogen functional groups attached to an aromatic ring is 1. The summed E-state index contributed by atoms with van der Waals surface area (Å²) in [6.07, 6.45) is 5.02. The van der Waals surface area contributed by atoms with Crippen molar-refractivity contribution in [2.24, 2.45) is 7.05 Å². The number of fused-ring (bicyclic) bond motifs is 1. The fourth-order valence-electron chi connectivity index (χ4n) is 1.70. The second kappa shape index (κ2) is 3.88. The molecule has 0 aliphatic carbocycles. The third-order valence-electron chi connectivity index (χ3n) is 2.58. The number of hydrogen-bond donors (Lipinski definition) is 1. The van der Waals surface area contributed by atoms with Crippen molar-refractivity contribution in [3.63, 3.8) is 0 Å². The fourth-order valence-corrected chi connectivity index (χ4v) is 1.70. The maximum atomic E-state index is 5.67. The molecule has 0 bridgehead atoms. The van der Waals surface area contributed by atoms with Crippen molar-refractivity contribution in [1.29, 1.82) is 0 Å². The lowest BCUT2D eigenvalue weighted by molar-refractivity contribution is 0.718. The van der Waals surface area contributed by atoms with E-state index < -0.39 is 0 Å². The van der Waals surface area contributed by atoms with Gasteiger partial charge >= 0.3 is 0 Å². The molecule has 0 spiro atoms. The summed E-state index contributed by atoms with van der Waals surface area (Å²) < 4.78 is 2.05. The second-order valence-corrected chi connectivity index (χ2v) is 3.80. The second-order valence-electron chi connectivity index (χ2n) is 3.80. The van der Waals surface area contributed by atoms with Gasteiger partial charge in [0.15, 0.2) is 5.65 Å². The molecule has 0 unspecified atom stereocenters. The first kappa shape index (κ1) is 9.96. The first-order valence-corrected chi connectivity index (χ1v) is 5.29. The van der Waals surface area contributed by atoms with Crippen molar-refractivity contribution < 1.29 is 0 Å². The van der Waals surface area contributed by atoms with Crippen molar-refractivity contribution in [2.75, 3.05) is 5.73 Å². The molecule has 15 heavy (non-hydrogen) atoms. The van der Waals surface area contributed by atoms with Gasteiger partial charge < -0.3 is 10.3 Å². The molecule has 0 aromatic carbocycles. The van der Waals surface area contributed by atoms with Crippen LogP contribution in [-0.4, -0.2) is 14.5 Å². The van der Waals surface area contributed by atoms with Crippen LogP contribution in [0.25, 0.3) is 11.2 Å². The van der Waals surface area contributed by atoms with Gasteiger partial charge in [0.2, 0.25) is 0 Å². The molecule has 0 saturated heterocycles. The van der Waals surface area contributed by atoms with Crippen LogP contribution in [0.1, 0.15) is 25.6 Å². The van der Waals surface area contributed by atoms with Gasteiger partial charge in [-0.05, 0) is 12.5 Å². The van der Waals surface area contributed by atoms with E-state index in [4.69, 9.17) is 5.73 Å². The molecule has 2 rings (SSSR count). The number of unbranched alkanes of at least 4 members (excludes halogenated alkanes) is 1. The predicted molar refractivity (Wildman–Crippen MR) is 61.5 cm³/mol. The van der Waals surface area contributed by atoms with Crippen molar-refractivity contribution in [3.05, 3.63) is 18.1 Å². The Morgan fingerprint density at radius 1 is 1.47 bits per heavy atom. The summed E-state index contributed by atoms with van der Waals surface area (Å²) in [7, 11) is 2.00. The van der Waals surface area contributed by atoms with E-state index in [0.29, 0.717) is 5.69 Å². The topological polar surface area (TPSA) is 56.7 Å². The minimum Gasteiger partial charge on any atom is -0.397 e. The van der Waals surface area contributed by atoms with E-state index in [-0.39, 0.29) is 0 Å². The first-order chi connectivity index (χ1) is 7.22. The molecule has 0 atom stereocenters. The van der Waals surface area contributed by atoms with Gasteiger partial charge in [0, 0.05) is 13.5 Å². The van der Waals surface area contributed by atoms with Crippen molar-refractivity contribution in [2.45, 2.75) is 26.2 Å². The summed E-state index contributed by atoms with van der Waals surface area (Å²) >= 11 is 0. The van der Waals surface area contributed by atoms with E-state index >= 15 is 0 Å². The molecule has 2 aromatic rings. The van der Waals surface area contributed by atoms with E-state index in [2.05, 4.69) is 16.9 Å². The molecule has 2 N–H and O–H groups in total. The van der Waals surface area contributed by atoms with Crippen molar-refractivity contribution in [1.82, 2.24) is 14.5 Å². The highest BCUT2D eigenvalue weighted by molar-refractivity contribution is 5.74. The summed E-state index contributed by atoms with van der Waals surface area (Å²) in [5, 5.41) is 0. The van der Waals surface area contributed by atoms with Gasteiger partial charge in [-0.15, -0.1) is 0 Å². The van der Waals surface area contributed by atoms with Crippen LogP contribution in [0.2, 0.25) is 0 Å². The normalized spacial score (nSPS) is 11.1. The molecule has 2 aromatic heterocycles. The first-order valence-electron chi connectivity index (χ1n) is 5.29. The Morgan fingerprint density at radius 2 is 2.27 bits per heavy atom. The minimum atomic E-state index is 0.669. The Hall–Kier alpha value is -1.58. The summed E-state index contributed by atoms with van der Waals surface area (Å²) in [4.78, 5) is 8.82. The number of aryl methyl sites for hydroxylation is 2. The van der Waals surface area contributed by atoms with Crippen LogP contribution in [0.15, 0.2) is 12.3 Å². The summed E-state index contributed by atoms with van der Waals surface area (Å²) in [5.41, 5.74) is 8.15. The van der Waals surface area contributed by atoms with Crippen LogP contribution in [0.4, 0.5) is 5.69 Å². The van der Waals surface area contributed by atoms with Crippen LogP contribution in [0.3, 0.4) is 0 Å². The highest BCUT2D eigenvalue weighted by atomic mass is 15.1. The fraction of sp³-hybridized carbons (Fsp3) is 0.455. The molecule has 2 heterocycles. The maximum Gasteiger partial charge on any atom is 0.159 e. The lowest BCUT2D eigenvalue weighted by Gasteiger charge is -1.99. The van der Waals surface area contributed by atoms with Crippen molar-refractivity contribution >= 4 is 16.9 Å². The monoisotopic (exact) mass is 204 g/mol. The molecule has 0 fully saturated rings.